The van der Waals surface area contributed by atoms with Gasteiger partial charge in [0.05, 0.1) is 0 Å². The van der Waals surface area contributed by atoms with Crippen molar-refractivity contribution < 1.29 is 23.5 Å². The largest absolute Gasteiger partial charge is 0.451 e. The van der Waals surface area contributed by atoms with Gasteiger partial charge in [-0.25, -0.2) is 4.39 Å². The van der Waals surface area contributed by atoms with E-state index < -0.39 is 29.7 Å². The number of esters is 1. The third kappa shape index (κ3) is 5.91. The van der Waals surface area contributed by atoms with Gasteiger partial charge >= 0.3 is 5.97 Å². The van der Waals surface area contributed by atoms with Crippen LogP contribution in [-0.4, -0.2) is 30.4 Å². The molecule has 0 aliphatic carbocycles. The van der Waals surface area contributed by atoms with Crippen LogP contribution >= 0.6 is 0 Å². The molecule has 2 aromatic rings. The summed E-state index contributed by atoms with van der Waals surface area (Å²) >= 11 is 0. The van der Waals surface area contributed by atoms with Crippen LogP contribution in [0.15, 0.2) is 42.5 Å². The standard InChI is InChI=1S/C20H21FN2O4/c1-12-5-4-6-15(9-12)20(26)22-11-18(24)27-14(3)19(25)23-16-8-7-13(2)17(21)10-16/h4-10,14H,11H2,1-3H3,(H,22,26)(H,23,25). The Kier molecular flexibility index (Phi) is 6.65. The van der Waals surface area contributed by atoms with Gasteiger partial charge in [0.1, 0.15) is 12.4 Å². The Morgan fingerprint density at radius 3 is 2.52 bits per heavy atom. The predicted octanol–water partition coefficient (Wildman–Crippen LogP) is 2.74. The van der Waals surface area contributed by atoms with Gasteiger partial charge in [-0.05, 0) is 50.6 Å². The van der Waals surface area contributed by atoms with Crippen molar-refractivity contribution in [2.75, 3.05) is 11.9 Å². The van der Waals surface area contributed by atoms with E-state index in [0.717, 1.165) is 5.56 Å². The Labute approximate surface area is 156 Å². The van der Waals surface area contributed by atoms with E-state index in [1.807, 2.05) is 13.0 Å². The summed E-state index contributed by atoms with van der Waals surface area (Å²) in [7, 11) is 0. The second-order valence-electron chi connectivity index (χ2n) is 6.14. The van der Waals surface area contributed by atoms with Crippen LogP contribution in [0.1, 0.15) is 28.4 Å². The van der Waals surface area contributed by atoms with Gasteiger partial charge in [-0.1, -0.05) is 23.8 Å². The van der Waals surface area contributed by atoms with E-state index in [2.05, 4.69) is 10.6 Å². The molecular weight excluding hydrogens is 351 g/mol. The summed E-state index contributed by atoms with van der Waals surface area (Å²) in [4.78, 5) is 35.9. The van der Waals surface area contributed by atoms with Gasteiger partial charge in [-0.3, -0.25) is 14.4 Å². The summed E-state index contributed by atoms with van der Waals surface area (Å²) < 4.78 is 18.5. The Bertz CT molecular complexity index is 867. The monoisotopic (exact) mass is 372 g/mol. The van der Waals surface area contributed by atoms with Gasteiger partial charge in [-0.15, -0.1) is 0 Å². The Morgan fingerprint density at radius 2 is 1.85 bits per heavy atom. The molecule has 0 aliphatic heterocycles. The van der Waals surface area contributed by atoms with E-state index in [1.165, 1.54) is 19.1 Å². The van der Waals surface area contributed by atoms with E-state index in [-0.39, 0.29) is 12.2 Å². The van der Waals surface area contributed by atoms with Crippen molar-refractivity contribution in [3.8, 4) is 0 Å². The molecule has 1 atom stereocenters. The third-order valence-corrected chi connectivity index (χ3v) is 3.79. The SMILES string of the molecule is Cc1cccc(C(=O)NCC(=O)OC(C)C(=O)Nc2ccc(C)c(F)c2)c1. The highest BCUT2D eigenvalue weighted by atomic mass is 19.1. The van der Waals surface area contributed by atoms with Crippen LogP contribution in [0.25, 0.3) is 0 Å². The molecule has 0 aromatic heterocycles. The third-order valence-electron chi connectivity index (χ3n) is 3.79. The number of amides is 2. The highest BCUT2D eigenvalue weighted by Crippen LogP contribution is 2.14. The molecule has 1 unspecified atom stereocenters. The first-order valence-corrected chi connectivity index (χ1v) is 8.37. The van der Waals surface area contributed by atoms with Gasteiger partial charge < -0.3 is 15.4 Å². The zero-order chi connectivity index (χ0) is 20.0. The summed E-state index contributed by atoms with van der Waals surface area (Å²) in [6, 6.07) is 11.2. The number of aryl methyl sites for hydroxylation is 2. The molecule has 0 saturated heterocycles. The van der Waals surface area contributed by atoms with Crippen LogP contribution in [0.4, 0.5) is 10.1 Å². The summed E-state index contributed by atoms with van der Waals surface area (Å²) in [6.07, 6.45) is -1.10. The molecule has 2 amide bonds. The zero-order valence-corrected chi connectivity index (χ0v) is 15.3. The Morgan fingerprint density at radius 1 is 1.11 bits per heavy atom. The summed E-state index contributed by atoms with van der Waals surface area (Å²) in [5.41, 5.74) is 2.06. The van der Waals surface area contributed by atoms with Crippen LogP contribution in [0.2, 0.25) is 0 Å². The Balaban J connectivity index is 1.82. The predicted molar refractivity (Wildman–Crippen MR) is 98.8 cm³/mol. The summed E-state index contributed by atoms with van der Waals surface area (Å²) in [6.45, 7) is 4.48. The number of nitrogens with one attached hydrogen (secondary N) is 2. The van der Waals surface area contributed by atoms with E-state index in [4.69, 9.17) is 4.74 Å². The van der Waals surface area contributed by atoms with Gasteiger partial charge in [0.25, 0.3) is 11.8 Å². The fourth-order valence-electron chi connectivity index (χ4n) is 2.25. The van der Waals surface area contributed by atoms with E-state index in [1.54, 1.807) is 31.2 Å². The van der Waals surface area contributed by atoms with Gasteiger partial charge in [-0.2, -0.15) is 0 Å². The normalized spacial score (nSPS) is 11.4. The quantitative estimate of drug-likeness (QED) is 0.764. The molecule has 27 heavy (non-hydrogen) atoms. The highest BCUT2D eigenvalue weighted by Gasteiger charge is 2.19. The van der Waals surface area contributed by atoms with Gasteiger partial charge in [0.15, 0.2) is 6.10 Å². The van der Waals surface area contributed by atoms with E-state index in [0.29, 0.717) is 11.1 Å². The highest BCUT2D eigenvalue weighted by molar-refractivity contribution is 5.97. The first-order valence-electron chi connectivity index (χ1n) is 8.37. The first-order chi connectivity index (χ1) is 12.8. The Hall–Kier alpha value is -3.22. The van der Waals surface area contributed by atoms with Gasteiger partial charge in [0.2, 0.25) is 0 Å². The molecule has 0 saturated carbocycles. The summed E-state index contributed by atoms with van der Waals surface area (Å²) in [5, 5.41) is 4.91. The molecule has 2 rings (SSSR count). The number of halogens is 1. The number of hydrogen-bond acceptors (Lipinski definition) is 4. The van der Waals surface area contributed by atoms with Crippen LogP contribution < -0.4 is 10.6 Å². The van der Waals surface area contributed by atoms with E-state index in [9.17, 15) is 18.8 Å². The number of anilines is 1. The molecule has 0 aliphatic rings. The minimum atomic E-state index is -1.10. The lowest BCUT2D eigenvalue weighted by atomic mass is 10.1. The second kappa shape index (κ2) is 8.93. The van der Waals surface area contributed by atoms with Gasteiger partial charge in [0, 0.05) is 11.3 Å². The smallest absolute Gasteiger partial charge is 0.326 e. The molecule has 0 spiro atoms. The van der Waals surface area contributed by atoms with Crippen LogP contribution in [-0.2, 0) is 14.3 Å². The zero-order valence-electron chi connectivity index (χ0n) is 15.3. The van der Waals surface area contributed by atoms with E-state index >= 15 is 0 Å². The molecule has 0 heterocycles. The van der Waals surface area contributed by atoms with Crippen molar-refractivity contribution in [3.05, 3.63) is 65.0 Å². The van der Waals surface area contributed by atoms with Crippen molar-refractivity contribution in [2.45, 2.75) is 26.9 Å². The molecule has 0 bridgehead atoms. The van der Waals surface area contributed by atoms with Crippen LogP contribution in [0, 0.1) is 19.7 Å². The minimum Gasteiger partial charge on any atom is -0.451 e. The fourth-order valence-corrected chi connectivity index (χ4v) is 2.25. The lowest BCUT2D eigenvalue weighted by Crippen LogP contribution is -2.35. The molecular formula is C20H21FN2O4. The molecule has 0 radical (unpaired) electrons. The number of ether oxygens (including phenoxy) is 1. The lowest BCUT2D eigenvalue weighted by Gasteiger charge is -2.14. The molecule has 142 valence electrons. The number of hydrogen-bond donors (Lipinski definition) is 2. The molecule has 7 heteroatoms. The van der Waals surface area contributed by atoms with Crippen molar-refractivity contribution in [1.29, 1.82) is 0 Å². The average Bonchev–Trinajstić information content (AvgIpc) is 2.62. The fraction of sp³-hybridized carbons (Fsp3) is 0.250. The topological polar surface area (TPSA) is 84.5 Å². The maximum absolute atomic E-state index is 13.5. The van der Waals surface area contributed by atoms with Crippen LogP contribution in [0.3, 0.4) is 0 Å². The van der Waals surface area contributed by atoms with Crippen molar-refractivity contribution in [3.63, 3.8) is 0 Å². The number of benzene rings is 2. The van der Waals surface area contributed by atoms with Crippen LogP contribution in [0.5, 0.6) is 0 Å². The molecule has 6 nitrogen and oxygen atoms in total. The molecule has 2 N–H and O–H groups in total. The molecule has 0 fully saturated rings. The minimum absolute atomic E-state index is 0.263. The lowest BCUT2D eigenvalue weighted by molar-refractivity contribution is -0.152. The number of carbonyl (C=O) groups excluding carboxylic acids is 3. The molecule has 2 aromatic carbocycles. The average molecular weight is 372 g/mol. The first kappa shape index (κ1) is 20.1. The number of carbonyl (C=O) groups is 3. The maximum atomic E-state index is 13.5. The van der Waals surface area contributed by atoms with Crippen molar-refractivity contribution in [2.24, 2.45) is 0 Å². The number of rotatable bonds is 6. The maximum Gasteiger partial charge on any atom is 0.326 e. The summed E-state index contributed by atoms with van der Waals surface area (Å²) in [5.74, 6) is -2.22. The van der Waals surface area contributed by atoms with Crippen molar-refractivity contribution in [1.82, 2.24) is 5.32 Å². The van der Waals surface area contributed by atoms with Crippen molar-refractivity contribution >= 4 is 23.5 Å². The second-order valence-corrected chi connectivity index (χ2v) is 6.14.